The summed E-state index contributed by atoms with van der Waals surface area (Å²) in [5, 5.41) is 5.79. The largest absolute Gasteiger partial charge is 0.338 e. The highest BCUT2D eigenvalue weighted by atomic mass is 19.1. The molecule has 2 heterocycles. The summed E-state index contributed by atoms with van der Waals surface area (Å²) in [6.45, 7) is 4.94. The van der Waals surface area contributed by atoms with Crippen molar-refractivity contribution in [3.05, 3.63) is 90.6 Å². The second-order valence-electron chi connectivity index (χ2n) is 10.0. The maximum Gasteiger partial charge on any atom is 0.336 e. The summed E-state index contributed by atoms with van der Waals surface area (Å²) in [6.07, 6.45) is 2.94. The Labute approximate surface area is 223 Å². The van der Waals surface area contributed by atoms with E-state index < -0.39 is 22.6 Å². The van der Waals surface area contributed by atoms with Crippen molar-refractivity contribution in [2.75, 3.05) is 10.6 Å². The van der Waals surface area contributed by atoms with Crippen LogP contribution in [-0.4, -0.2) is 19.6 Å². The minimum absolute atomic E-state index is 0.0916. The Morgan fingerprint density at radius 3 is 2.46 bits per heavy atom. The molecule has 0 spiro atoms. The minimum atomic E-state index is -0.577. The van der Waals surface area contributed by atoms with E-state index in [4.69, 9.17) is 0 Å². The predicted molar refractivity (Wildman–Crippen MR) is 150 cm³/mol. The van der Waals surface area contributed by atoms with Crippen molar-refractivity contribution in [3.8, 4) is 5.69 Å². The quantitative estimate of drug-likeness (QED) is 0.370. The number of fused-ring (bicyclic) bond motifs is 1. The zero-order valence-electron chi connectivity index (χ0n) is 22.3. The maximum absolute atomic E-state index is 15.1. The molecule has 1 aliphatic rings. The SMILES string of the molecule is CCCc1ccc(Nc2c3c(=O)n(C4CC4)c(=O)n(-c4cccc(NC(C)=O)c4)c3c(C)c(=O)n2C)c(F)c1. The summed E-state index contributed by atoms with van der Waals surface area (Å²) in [5.41, 5.74) is 0.548. The molecule has 1 amide bonds. The highest BCUT2D eigenvalue weighted by Gasteiger charge is 2.31. The van der Waals surface area contributed by atoms with Crippen molar-refractivity contribution >= 4 is 34.0 Å². The van der Waals surface area contributed by atoms with Crippen LogP contribution >= 0.6 is 0 Å². The number of nitrogens with zero attached hydrogens (tertiary/aromatic N) is 3. The molecule has 2 N–H and O–H groups in total. The lowest BCUT2D eigenvalue weighted by atomic mass is 10.1. The molecule has 0 aliphatic heterocycles. The number of benzene rings is 2. The average Bonchev–Trinajstić information content (AvgIpc) is 3.72. The van der Waals surface area contributed by atoms with Crippen LogP contribution in [0.25, 0.3) is 16.6 Å². The maximum atomic E-state index is 15.1. The summed E-state index contributed by atoms with van der Waals surface area (Å²) < 4.78 is 18.9. The number of aromatic nitrogens is 3. The Hall–Kier alpha value is -4.47. The number of carbonyl (C=O) groups is 1. The number of nitrogens with one attached hydrogen (secondary N) is 2. The predicted octanol–water partition coefficient (Wildman–Crippen LogP) is 4.29. The fourth-order valence-electron chi connectivity index (χ4n) is 5.01. The zero-order valence-corrected chi connectivity index (χ0v) is 22.3. The van der Waals surface area contributed by atoms with Crippen molar-refractivity contribution in [1.29, 1.82) is 0 Å². The van der Waals surface area contributed by atoms with Gasteiger partial charge < -0.3 is 10.6 Å². The molecule has 4 aromatic rings. The van der Waals surface area contributed by atoms with Gasteiger partial charge in [-0.05, 0) is 62.1 Å². The van der Waals surface area contributed by atoms with E-state index in [9.17, 15) is 19.2 Å². The van der Waals surface area contributed by atoms with E-state index in [1.165, 1.54) is 33.7 Å². The van der Waals surface area contributed by atoms with E-state index in [0.717, 1.165) is 18.4 Å². The van der Waals surface area contributed by atoms with Crippen LogP contribution in [0.5, 0.6) is 0 Å². The first kappa shape index (κ1) is 26.1. The van der Waals surface area contributed by atoms with Crippen LogP contribution in [0.2, 0.25) is 0 Å². The first-order valence-corrected chi connectivity index (χ1v) is 13.0. The Bertz CT molecular complexity index is 1810. The molecule has 2 aromatic carbocycles. The summed E-state index contributed by atoms with van der Waals surface area (Å²) in [7, 11) is 1.51. The van der Waals surface area contributed by atoms with E-state index in [2.05, 4.69) is 10.6 Å². The van der Waals surface area contributed by atoms with E-state index >= 15 is 4.39 Å². The van der Waals surface area contributed by atoms with Crippen LogP contribution in [0.4, 0.5) is 21.6 Å². The lowest BCUT2D eigenvalue weighted by Gasteiger charge is -2.21. The van der Waals surface area contributed by atoms with Gasteiger partial charge in [0.15, 0.2) is 0 Å². The van der Waals surface area contributed by atoms with Gasteiger partial charge >= 0.3 is 5.69 Å². The lowest BCUT2D eigenvalue weighted by molar-refractivity contribution is -0.114. The van der Waals surface area contributed by atoms with Gasteiger partial charge in [-0.2, -0.15) is 0 Å². The third-order valence-electron chi connectivity index (χ3n) is 7.01. The van der Waals surface area contributed by atoms with Gasteiger partial charge in [0.2, 0.25) is 5.91 Å². The molecule has 0 atom stereocenters. The first-order valence-electron chi connectivity index (χ1n) is 13.0. The van der Waals surface area contributed by atoms with Crippen LogP contribution in [0.15, 0.2) is 56.8 Å². The van der Waals surface area contributed by atoms with Crippen molar-refractivity contribution < 1.29 is 9.18 Å². The van der Waals surface area contributed by atoms with Crippen molar-refractivity contribution in [1.82, 2.24) is 13.7 Å². The normalized spacial score (nSPS) is 13.1. The second-order valence-corrected chi connectivity index (χ2v) is 10.0. The fourth-order valence-corrected chi connectivity index (χ4v) is 5.01. The fraction of sp³-hybridized carbons (Fsp3) is 0.310. The Balaban J connectivity index is 1.85. The van der Waals surface area contributed by atoms with Gasteiger partial charge in [-0.15, -0.1) is 0 Å². The molecule has 0 unspecified atom stereocenters. The molecule has 39 heavy (non-hydrogen) atoms. The van der Waals surface area contributed by atoms with Gasteiger partial charge in [-0.25, -0.2) is 9.18 Å². The van der Waals surface area contributed by atoms with Crippen LogP contribution < -0.4 is 27.4 Å². The van der Waals surface area contributed by atoms with Gasteiger partial charge in [-0.3, -0.25) is 28.1 Å². The molecule has 1 fully saturated rings. The molecule has 0 saturated heterocycles. The third kappa shape index (κ3) is 4.67. The molecule has 9 nitrogen and oxygen atoms in total. The number of hydrogen-bond acceptors (Lipinski definition) is 5. The first-order chi connectivity index (χ1) is 18.6. The standard InChI is InChI=1S/C29H30FN5O4/c1-5-7-18-10-13-23(22(30)14-18)32-26-24-25(16(2)27(37)33(26)4)34(29(39)35(28(24)38)20-11-12-20)21-9-6-8-19(15-21)31-17(3)36/h6,8-10,13-15,20,32H,5,7,11-12H2,1-4H3,(H,31,36). The Morgan fingerprint density at radius 2 is 1.82 bits per heavy atom. The molecule has 0 radical (unpaired) electrons. The van der Waals surface area contributed by atoms with Crippen LogP contribution in [-0.2, 0) is 18.3 Å². The van der Waals surface area contributed by atoms with E-state index in [1.54, 1.807) is 43.3 Å². The molecule has 1 aliphatic carbocycles. The number of pyridine rings is 1. The summed E-state index contributed by atoms with van der Waals surface area (Å²) in [6, 6.07) is 11.2. The van der Waals surface area contributed by atoms with Gasteiger partial charge in [0.25, 0.3) is 11.1 Å². The van der Waals surface area contributed by atoms with Crippen molar-refractivity contribution in [3.63, 3.8) is 0 Å². The number of aryl methyl sites for hydroxylation is 2. The van der Waals surface area contributed by atoms with Crippen molar-refractivity contribution in [2.24, 2.45) is 7.05 Å². The van der Waals surface area contributed by atoms with Crippen molar-refractivity contribution in [2.45, 2.75) is 52.5 Å². The van der Waals surface area contributed by atoms with Crippen LogP contribution in [0.1, 0.15) is 50.3 Å². The Kier molecular flexibility index (Phi) is 6.71. The molecule has 10 heteroatoms. The minimum Gasteiger partial charge on any atom is -0.338 e. The van der Waals surface area contributed by atoms with E-state index in [0.29, 0.717) is 24.2 Å². The number of anilines is 3. The summed E-state index contributed by atoms with van der Waals surface area (Å²) >= 11 is 0. The van der Waals surface area contributed by atoms with Gasteiger partial charge in [-0.1, -0.05) is 25.5 Å². The zero-order chi connectivity index (χ0) is 28.0. The Morgan fingerprint density at radius 1 is 1.08 bits per heavy atom. The third-order valence-corrected chi connectivity index (χ3v) is 7.01. The summed E-state index contributed by atoms with van der Waals surface area (Å²) in [4.78, 5) is 52.8. The summed E-state index contributed by atoms with van der Waals surface area (Å²) in [5.74, 6) is -0.703. The van der Waals surface area contributed by atoms with Gasteiger partial charge in [0.1, 0.15) is 17.0 Å². The number of halogens is 1. The molecule has 1 saturated carbocycles. The monoisotopic (exact) mass is 531 g/mol. The molecule has 202 valence electrons. The van der Waals surface area contributed by atoms with Gasteiger partial charge in [0, 0.05) is 31.3 Å². The molecular weight excluding hydrogens is 501 g/mol. The molecule has 0 bridgehead atoms. The highest BCUT2D eigenvalue weighted by Crippen LogP contribution is 2.34. The number of rotatable bonds is 7. The second kappa shape index (κ2) is 10.0. The number of hydrogen-bond donors (Lipinski definition) is 2. The van der Waals surface area contributed by atoms with Gasteiger partial charge in [0.05, 0.1) is 16.9 Å². The molecule has 2 aromatic heterocycles. The van der Waals surface area contributed by atoms with Crippen LogP contribution in [0.3, 0.4) is 0 Å². The lowest BCUT2D eigenvalue weighted by Crippen LogP contribution is -2.41. The van der Waals surface area contributed by atoms with E-state index in [1.807, 2.05) is 6.92 Å². The highest BCUT2D eigenvalue weighted by molar-refractivity contribution is 5.94. The number of amides is 1. The smallest absolute Gasteiger partial charge is 0.336 e. The molecular formula is C29H30FN5O4. The average molecular weight is 532 g/mol. The number of carbonyl (C=O) groups excluding carboxylic acids is 1. The molecule has 5 rings (SSSR count). The van der Waals surface area contributed by atoms with Crippen LogP contribution in [0, 0.1) is 12.7 Å². The topological polar surface area (TPSA) is 107 Å². The van der Waals surface area contributed by atoms with E-state index in [-0.39, 0.29) is 39.9 Å².